The van der Waals surface area contributed by atoms with E-state index in [0.29, 0.717) is 24.8 Å². The van der Waals surface area contributed by atoms with Gasteiger partial charge in [0.25, 0.3) is 11.6 Å². The van der Waals surface area contributed by atoms with E-state index < -0.39 is 10.5 Å². The number of hydrogen-bond acceptors (Lipinski definition) is 5. The maximum Gasteiger partial charge on any atom is 0.325 e. The van der Waals surface area contributed by atoms with Crippen LogP contribution in [0.15, 0.2) is 24.3 Å². The molecule has 1 aromatic carbocycles. The van der Waals surface area contributed by atoms with Gasteiger partial charge in [0, 0.05) is 32.1 Å². The van der Waals surface area contributed by atoms with Gasteiger partial charge in [-0.1, -0.05) is 25.0 Å². The second-order valence-electron chi connectivity index (χ2n) is 7.81. The molecule has 1 aromatic rings. The van der Waals surface area contributed by atoms with Gasteiger partial charge in [0.2, 0.25) is 5.91 Å². The second-order valence-corrected chi connectivity index (χ2v) is 7.81. The van der Waals surface area contributed by atoms with Crippen LogP contribution in [0.1, 0.15) is 57.1 Å². The van der Waals surface area contributed by atoms with Gasteiger partial charge in [-0.2, -0.15) is 0 Å². The third kappa shape index (κ3) is 4.08. The fraction of sp³-hybridized carbons (Fsp3) is 0.550. The number of hydrogen-bond donors (Lipinski definition) is 1. The normalized spacial score (nSPS) is 18.8. The summed E-state index contributed by atoms with van der Waals surface area (Å²) in [6.45, 7) is 2.01. The Labute approximate surface area is 169 Å². The monoisotopic (exact) mass is 402 g/mol. The van der Waals surface area contributed by atoms with Crippen molar-refractivity contribution < 1.29 is 19.3 Å². The molecule has 1 saturated carbocycles. The summed E-state index contributed by atoms with van der Waals surface area (Å²) in [6, 6.07) is 5.51. The number of rotatable bonds is 7. The number of nitrogens with one attached hydrogen (secondary N) is 1. The molecule has 9 heteroatoms. The van der Waals surface area contributed by atoms with E-state index in [0.717, 1.165) is 12.8 Å². The first kappa shape index (κ1) is 20.8. The minimum atomic E-state index is -0.728. The highest BCUT2D eigenvalue weighted by molar-refractivity contribution is 6.07. The number of benzene rings is 1. The van der Waals surface area contributed by atoms with E-state index in [9.17, 15) is 24.5 Å². The molecular formula is C20H26N4O5. The molecule has 1 aliphatic heterocycles. The van der Waals surface area contributed by atoms with Crippen LogP contribution in [0.3, 0.4) is 0 Å². The molecule has 2 fully saturated rings. The zero-order valence-corrected chi connectivity index (χ0v) is 16.7. The highest BCUT2D eigenvalue weighted by Gasteiger charge is 2.52. The molecule has 1 spiro atoms. The van der Waals surface area contributed by atoms with E-state index >= 15 is 0 Å². The van der Waals surface area contributed by atoms with Crippen LogP contribution in [0.4, 0.5) is 10.5 Å². The van der Waals surface area contributed by atoms with Crippen molar-refractivity contribution in [3.63, 3.8) is 0 Å². The first-order valence-corrected chi connectivity index (χ1v) is 9.89. The van der Waals surface area contributed by atoms with Gasteiger partial charge in [0.05, 0.1) is 11.0 Å². The molecule has 0 aromatic heterocycles. The fourth-order valence-electron chi connectivity index (χ4n) is 4.10. The predicted molar refractivity (Wildman–Crippen MR) is 105 cm³/mol. The van der Waals surface area contributed by atoms with Crippen LogP contribution >= 0.6 is 0 Å². The maximum absolute atomic E-state index is 12.6. The molecule has 0 radical (unpaired) electrons. The number of nitrogens with zero attached hydrogens (tertiary/aromatic N) is 3. The summed E-state index contributed by atoms with van der Waals surface area (Å²) >= 11 is 0. The highest BCUT2D eigenvalue weighted by Crippen LogP contribution is 2.35. The van der Waals surface area contributed by atoms with Gasteiger partial charge in [-0.05, 0) is 31.7 Å². The van der Waals surface area contributed by atoms with Gasteiger partial charge in [0.1, 0.15) is 5.54 Å². The van der Waals surface area contributed by atoms with Gasteiger partial charge in [0.15, 0.2) is 0 Å². The van der Waals surface area contributed by atoms with E-state index in [1.165, 1.54) is 21.9 Å². The number of carbonyl (C=O) groups excluding carboxylic acids is 3. The van der Waals surface area contributed by atoms with Crippen molar-refractivity contribution in [2.24, 2.45) is 0 Å². The number of imide groups is 1. The van der Waals surface area contributed by atoms with Crippen molar-refractivity contribution in [2.45, 2.75) is 57.0 Å². The molecule has 4 amide bonds. The quantitative estimate of drug-likeness (QED) is 0.428. The van der Waals surface area contributed by atoms with Crippen molar-refractivity contribution in [1.29, 1.82) is 0 Å². The minimum absolute atomic E-state index is 0.0189. The van der Waals surface area contributed by atoms with Crippen molar-refractivity contribution >= 4 is 23.5 Å². The predicted octanol–water partition coefficient (Wildman–Crippen LogP) is 2.76. The first-order valence-electron chi connectivity index (χ1n) is 9.89. The Bertz CT molecular complexity index is 834. The number of nitro groups is 1. The fourth-order valence-corrected chi connectivity index (χ4v) is 4.10. The van der Waals surface area contributed by atoms with E-state index in [4.69, 9.17) is 0 Å². The van der Waals surface area contributed by atoms with E-state index in [2.05, 4.69) is 5.32 Å². The first-order chi connectivity index (χ1) is 13.7. The lowest BCUT2D eigenvalue weighted by atomic mass is 9.98. The van der Waals surface area contributed by atoms with Crippen LogP contribution < -0.4 is 5.32 Å². The van der Waals surface area contributed by atoms with Gasteiger partial charge in [-0.25, -0.2) is 4.79 Å². The molecule has 1 saturated heterocycles. The average molecular weight is 402 g/mol. The number of non-ortho nitro benzene ring substituents is 1. The topological polar surface area (TPSA) is 113 Å². The number of urea groups is 1. The molecule has 1 aliphatic carbocycles. The van der Waals surface area contributed by atoms with Crippen LogP contribution in [0, 0.1) is 10.1 Å². The van der Waals surface area contributed by atoms with Crippen LogP contribution in [-0.2, 0) is 9.59 Å². The Morgan fingerprint density at radius 1 is 1.34 bits per heavy atom. The van der Waals surface area contributed by atoms with Crippen molar-refractivity contribution in [2.75, 3.05) is 13.6 Å². The molecule has 1 atom stereocenters. The van der Waals surface area contributed by atoms with Crippen molar-refractivity contribution in [3.05, 3.63) is 39.9 Å². The lowest BCUT2D eigenvalue weighted by Crippen LogP contribution is -2.44. The summed E-state index contributed by atoms with van der Waals surface area (Å²) in [5.74, 6) is -0.322. The third-order valence-corrected chi connectivity index (χ3v) is 6.01. The molecule has 2 aliphatic rings. The van der Waals surface area contributed by atoms with Gasteiger partial charge in [-0.3, -0.25) is 24.6 Å². The molecule has 0 unspecified atom stereocenters. The van der Waals surface area contributed by atoms with Crippen molar-refractivity contribution in [3.8, 4) is 0 Å². The molecule has 156 valence electrons. The summed E-state index contributed by atoms with van der Waals surface area (Å²) in [4.78, 5) is 50.6. The number of nitro benzene ring substituents is 1. The van der Waals surface area contributed by atoms with Crippen LogP contribution in [0.2, 0.25) is 0 Å². The Balaban J connectivity index is 1.54. The van der Waals surface area contributed by atoms with Crippen LogP contribution in [-0.4, -0.2) is 51.7 Å². The van der Waals surface area contributed by atoms with E-state index in [1.54, 1.807) is 26.1 Å². The molecule has 1 N–H and O–H groups in total. The Morgan fingerprint density at radius 3 is 2.69 bits per heavy atom. The molecule has 0 bridgehead atoms. The molecule has 29 heavy (non-hydrogen) atoms. The lowest BCUT2D eigenvalue weighted by molar-refractivity contribution is -0.384. The molecule has 9 nitrogen and oxygen atoms in total. The zero-order valence-electron chi connectivity index (χ0n) is 16.7. The van der Waals surface area contributed by atoms with Crippen molar-refractivity contribution in [1.82, 2.24) is 15.1 Å². The summed E-state index contributed by atoms with van der Waals surface area (Å²) in [7, 11) is 1.65. The summed E-state index contributed by atoms with van der Waals surface area (Å²) in [6.07, 6.45) is 3.77. The molecular weight excluding hydrogens is 376 g/mol. The van der Waals surface area contributed by atoms with Gasteiger partial charge in [-0.15, -0.1) is 0 Å². The highest BCUT2D eigenvalue weighted by atomic mass is 16.6. The smallest absolute Gasteiger partial charge is 0.325 e. The summed E-state index contributed by atoms with van der Waals surface area (Å²) in [5, 5.41) is 13.8. The van der Waals surface area contributed by atoms with E-state index in [-0.39, 0.29) is 42.5 Å². The number of amides is 4. The van der Waals surface area contributed by atoms with E-state index in [1.807, 2.05) is 0 Å². The van der Waals surface area contributed by atoms with Gasteiger partial charge < -0.3 is 10.2 Å². The summed E-state index contributed by atoms with van der Waals surface area (Å²) in [5.41, 5.74) is -0.0732. The third-order valence-electron chi connectivity index (χ3n) is 6.01. The SMILES string of the molecule is C[C@H](c1cccc([N+](=O)[O-])c1)N(C)C(=O)CCCN1C(=O)NC2(CCCC2)C1=O. The molecule has 3 rings (SSSR count). The summed E-state index contributed by atoms with van der Waals surface area (Å²) < 4.78 is 0. The Morgan fingerprint density at radius 2 is 2.03 bits per heavy atom. The van der Waals surface area contributed by atoms with Crippen LogP contribution in [0.25, 0.3) is 0 Å². The second kappa shape index (κ2) is 8.18. The number of carbonyl (C=O) groups is 3. The largest absolute Gasteiger partial charge is 0.339 e. The Hall–Kier alpha value is -2.97. The lowest BCUT2D eigenvalue weighted by Gasteiger charge is -2.25. The zero-order chi connectivity index (χ0) is 21.2. The minimum Gasteiger partial charge on any atom is -0.339 e. The van der Waals surface area contributed by atoms with Crippen LogP contribution in [0.5, 0.6) is 0 Å². The Kier molecular flexibility index (Phi) is 5.86. The standard InChI is InChI=1S/C20H26N4O5/c1-14(15-7-5-8-16(13-15)24(28)29)22(2)17(25)9-6-12-23-18(26)20(21-19(23)27)10-3-4-11-20/h5,7-8,13-14H,3-4,6,9-12H2,1-2H3,(H,21,27)/t14-/m1/s1. The van der Waals surface area contributed by atoms with Gasteiger partial charge >= 0.3 is 6.03 Å². The molecule has 1 heterocycles. The maximum atomic E-state index is 12.6. The average Bonchev–Trinajstić information content (AvgIpc) is 3.27.